The fourth-order valence-corrected chi connectivity index (χ4v) is 3.35. The number of benzene rings is 1. The van der Waals surface area contributed by atoms with Gasteiger partial charge in [0.15, 0.2) is 0 Å². The van der Waals surface area contributed by atoms with Crippen molar-refractivity contribution in [3.05, 3.63) is 35.4 Å². The van der Waals surface area contributed by atoms with Gasteiger partial charge in [-0.05, 0) is 42.5 Å². The number of piperidine rings is 1. The minimum absolute atomic E-state index is 0.0823. The van der Waals surface area contributed by atoms with E-state index in [1.807, 2.05) is 6.26 Å². The number of likely N-dealkylation sites (tertiary alicyclic amines) is 1. The molecular formula is C18H23F3N2O2S. The molecule has 144 valence electrons. The highest BCUT2D eigenvalue weighted by atomic mass is 32.2. The number of rotatable bonds is 7. The summed E-state index contributed by atoms with van der Waals surface area (Å²) < 4.78 is 38.5. The molecule has 0 aromatic heterocycles. The van der Waals surface area contributed by atoms with Crippen LogP contribution in [0.2, 0.25) is 0 Å². The summed E-state index contributed by atoms with van der Waals surface area (Å²) in [5, 5.41) is 2.88. The lowest BCUT2D eigenvalue weighted by atomic mass is 9.96. The van der Waals surface area contributed by atoms with Crippen molar-refractivity contribution in [2.45, 2.75) is 32.0 Å². The number of thioether (sulfide) groups is 1. The van der Waals surface area contributed by atoms with Crippen LogP contribution in [0.25, 0.3) is 0 Å². The van der Waals surface area contributed by atoms with Crippen LogP contribution in [0.1, 0.15) is 30.4 Å². The van der Waals surface area contributed by atoms with Crippen LogP contribution in [0.3, 0.4) is 0 Å². The molecule has 0 spiro atoms. The Bertz CT molecular complexity index is 637. The van der Waals surface area contributed by atoms with Crippen molar-refractivity contribution in [3.63, 3.8) is 0 Å². The number of hydrogen-bond donors (Lipinski definition) is 1. The summed E-state index contributed by atoms with van der Waals surface area (Å²) in [6, 6.07) is 4.96. The summed E-state index contributed by atoms with van der Waals surface area (Å²) in [7, 11) is 0. The third-order valence-electron chi connectivity index (χ3n) is 4.32. The number of nitrogens with one attached hydrogen (secondary N) is 1. The quantitative estimate of drug-likeness (QED) is 0.729. The van der Waals surface area contributed by atoms with Gasteiger partial charge in [-0.25, -0.2) is 0 Å². The molecule has 1 aliphatic heterocycles. The predicted octanol–water partition coefficient (Wildman–Crippen LogP) is 3.31. The van der Waals surface area contributed by atoms with Gasteiger partial charge in [-0.3, -0.25) is 9.59 Å². The van der Waals surface area contributed by atoms with E-state index < -0.39 is 11.7 Å². The molecule has 1 aliphatic rings. The van der Waals surface area contributed by atoms with Gasteiger partial charge in [0.2, 0.25) is 11.8 Å². The van der Waals surface area contributed by atoms with Crippen LogP contribution in [-0.2, 0) is 22.3 Å². The molecule has 0 saturated carbocycles. The van der Waals surface area contributed by atoms with Crippen LogP contribution in [0.5, 0.6) is 0 Å². The molecule has 1 aromatic rings. The molecule has 1 N–H and O–H groups in total. The highest BCUT2D eigenvalue weighted by molar-refractivity contribution is 7.98. The molecule has 0 aliphatic carbocycles. The van der Waals surface area contributed by atoms with Gasteiger partial charge < -0.3 is 10.2 Å². The molecule has 26 heavy (non-hydrogen) atoms. The van der Waals surface area contributed by atoms with Gasteiger partial charge in [0, 0.05) is 26.1 Å². The van der Waals surface area contributed by atoms with Gasteiger partial charge in [0.25, 0.3) is 0 Å². The van der Waals surface area contributed by atoms with Gasteiger partial charge in [-0.15, -0.1) is 0 Å². The van der Waals surface area contributed by atoms with Crippen LogP contribution in [-0.4, -0.2) is 41.8 Å². The normalized spacial score (nSPS) is 18.1. The highest BCUT2D eigenvalue weighted by Crippen LogP contribution is 2.30. The fourth-order valence-electron chi connectivity index (χ4n) is 2.92. The largest absolute Gasteiger partial charge is 0.416 e. The average Bonchev–Trinajstić information content (AvgIpc) is 2.60. The Morgan fingerprint density at radius 1 is 1.38 bits per heavy atom. The van der Waals surface area contributed by atoms with Crippen LogP contribution >= 0.6 is 11.8 Å². The predicted molar refractivity (Wildman–Crippen MR) is 95.6 cm³/mol. The summed E-state index contributed by atoms with van der Waals surface area (Å²) in [5.74, 6) is 0.430. The van der Waals surface area contributed by atoms with Gasteiger partial charge in [-0.1, -0.05) is 12.1 Å². The molecule has 1 heterocycles. The molecule has 1 saturated heterocycles. The number of nitrogens with zero attached hydrogens (tertiary/aromatic N) is 1. The van der Waals surface area contributed by atoms with Gasteiger partial charge in [-0.2, -0.15) is 24.9 Å². The van der Waals surface area contributed by atoms with Crippen molar-refractivity contribution >= 4 is 23.6 Å². The van der Waals surface area contributed by atoms with Crippen molar-refractivity contribution in [2.24, 2.45) is 5.92 Å². The molecule has 0 unspecified atom stereocenters. The number of hydrogen-bond acceptors (Lipinski definition) is 3. The van der Waals surface area contributed by atoms with Crippen molar-refractivity contribution in [1.29, 1.82) is 0 Å². The van der Waals surface area contributed by atoms with Crippen LogP contribution in [0.4, 0.5) is 13.2 Å². The fraction of sp³-hybridized carbons (Fsp3) is 0.556. The molecule has 0 radical (unpaired) electrons. The summed E-state index contributed by atoms with van der Waals surface area (Å²) in [6.07, 6.45) is -0.817. The van der Waals surface area contributed by atoms with E-state index in [2.05, 4.69) is 5.32 Å². The molecule has 1 fully saturated rings. The van der Waals surface area contributed by atoms with Crippen molar-refractivity contribution in [3.8, 4) is 0 Å². The molecule has 1 aromatic carbocycles. The summed E-state index contributed by atoms with van der Waals surface area (Å²) >= 11 is 1.71. The van der Waals surface area contributed by atoms with E-state index in [0.29, 0.717) is 18.5 Å². The first kappa shape index (κ1) is 20.6. The van der Waals surface area contributed by atoms with E-state index in [4.69, 9.17) is 0 Å². The van der Waals surface area contributed by atoms with E-state index in [-0.39, 0.29) is 37.2 Å². The lowest BCUT2D eigenvalue weighted by Gasteiger charge is -2.32. The summed E-state index contributed by atoms with van der Waals surface area (Å²) in [6.45, 7) is 0.917. The Balaban J connectivity index is 1.96. The zero-order chi connectivity index (χ0) is 19.2. The van der Waals surface area contributed by atoms with Crippen LogP contribution in [0.15, 0.2) is 24.3 Å². The van der Waals surface area contributed by atoms with Crippen LogP contribution < -0.4 is 5.32 Å². The third-order valence-corrected chi connectivity index (χ3v) is 5.02. The molecule has 2 amide bonds. The number of carbonyl (C=O) groups is 2. The van der Waals surface area contributed by atoms with Crippen molar-refractivity contribution in [2.75, 3.05) is 25.1 Å². The van der Waals surface area contributed by atoms with E-state index in [9.17, 15) is 22.8 Å². The second kappa shape index (κ2) is 9.30. The number of carbonyl (C=O) groups excluding carboxylic acids is 2. The highest BCUT2D eigenvalue weighted by Gasteiger charge is 2.32. The zero-order valence-electron chi connectivity index (χ0n) is 14.6. The van der Waals surface area contributed by atoms with Crippen molar-refractivity contribution < 1.29 is 22.8 Å². The van der Waals surface area contributed by atoms with Gasteiger partial charge >= 0.3 is 6.18 Å². The standard InChI is InChI=1S/C18H23F3N2O2S/c1-26-9-3-8-22-17(25)14-6-7-16(24)23(12-14)11-13-4-2-5-15(10-13)18(19,20)21/h2,4-5,10,14H,3,6-9,11-12H2,1H3,(H,22,25)/t14-/m1/s1. The lowest BCUT2D eigenvalue weighted by molar-refractivity contribution is -0.139. The second-order valence-corrected chi connectivity index (χ2v) is 7.33. The summed E-state index contributed by atoms with van der Waals surface area (Å²) in [4.78, 5) is 25.8. The maximum Gasteiger partial charge on any atom is 0.416 e. The van der Waals surface area contributed by atoms with Gasteiger partial charge in [0.05, 0.1) is 11.5 Å². The number of alkyl halides is 3. The Morgan fingerprint density at radius 2 is 2.15 bits per heavy atom. The molecule has 2 rings (SSSR count). The monoisotopic (exact) mass is 388 g/mol. The van der Waals surface area contributed by atoms with E-state index >= 15 is 0 Å². The van der Waals surface area contributed by atoms with Crippen LogP contribution in [0, 0.1) is 5.92 Å². The minimum atomic E-state index is -4.42. The Kier molecular flexibility index (Phi) is 7.37. The van der Waals surface area contributed by atoms with Crippen molar-refractivity contribution in [1.82, 2.24) is 10.2 Å². The first-order valence-corrected chi connectivity index (χ1v) is 9.91. The molecule has 0 bridgehead atoms. The Labute approximate surface area is 155 Å². The molecular weight excluding hydrogens is 365 g/mol. The maximum absolute atomic E-state index is 12.8. The lowest BCUT2D eigenvalue weighted by Crippen LogP contribution is -2.45. The minimum Gasteiger partial charge on any atom is -0.356 e. The smallest absolute Gasteiger partial charge is 0.356 e. The van der Waals surface area contributed by atoms with E-state index in [0.717, 1.165) is 24.3 Å². The first-order chi connectivity index (χ1) is 12.3. The Morgan fingerprint density at radius 3 is 2.85 bits per heavy atom. The molecule has 1 atom stereocenters. The van der Waals surface area contributed by atoms with Gasteiger partial charge in [0.1, 0.15) is 0 Å². The summed E-state index contributed by atoms with van der Waals surface area (Å²) in [5.41, 5.74) is -0.322. The maximum atomic E-state index is 12.8. The molecule has 4 nitrogen and oxygen atoms in total. The first-order valence-electron chi connectivity index (χ1n) is 8.52. The second-order valence-electron chi connectivity index (χ2n) is 6.35. The SMILES string of the molecule is CSCCCNC(=O)[C@@H]1CCC(=O)N(Cc2cccc(C(F)(F)F)c2)C1. The van der Waals surface area contributed by atoms with E-state index in [1.54, 1.807) is 17.8 Å². The zero-order valence-corrected chi connectivity index (χ0v) is 15.5. The molecule has 8 heteroatoms. The number of amides is 2. The third kappa shape index (κ3) is 5.93. The van der Waals surface area contributed by atoms with E-state index in [1.165, 1.54) is 11.0 Å². The average molecular weight is 388 g/mol. The Hall–Kier alpha value is -1.70. The topological polar surface area (TPSA) is 49.4 Å². The number of halogens is 3.